The third-order valence-electron chi connectivity index (χ3n) is 26.8. The van der Waals surface area contributed by atoms with Crippen molar-refractivity contribution in [3.8, 4) is 18.1 Å². The fourth-order valence-corrected chi connectivity index (χ4v) is 23.6. The summed E-state index contributed by atoms with van der Waals surface area (Å²) in [5, 5.41) is 69.5. The molecule has 5 amide bonds. The number of piperidine rings is 1. The number of carbonyl (C=O) groups is 12. The Kier molecular flexibility index (Phi) is 43.8. The van der Waals surface area contributed by atoms with Crippen LogP contribution < -0.4 is 57.9 Å². The number of anilines is 3. The number of hydrazine groups is 1. The van der Waals surface area contributed by atoms with Gasteiger partial charge in [-0.15, -0.1) is 6.42 Å². The van der Waals surface area contributed by atoms with Gasteiger partial charge in [-0.1, -0.05) is 113 Å². The van der Waals surface area contributed by atoms with E-state index in [9.17, 15) is 83.1 Å². The number of methoxy groups -OCH3 is 1. The molecule has 42 nitrogen and oxygen atoms in total. The van der Waals surface area contributed by atoms with E-state index in [2.05, 4.69) is 74.9 Å². The molecule has 1 aliphatic carbocycles. The number of carboxylic acids is 2. The molecule has 3 fully saturated rings. The Morgan fingerprint density at radius 3 is 2.07 bits per heavy atom. The first-order valence-corrected chi connectivity index (χ1v) is 51.1. The van der Waals surface area contributed by atoms with E-state index in [1.54, 1.807) is 59.3 Å². The quantitative estimate of drug-likeness (QED) is 0.00365. The number of carboxylic acid groups (broad SMARTS) is 2. The average molecular weight is 2060 g/mol. The highest BCUT2D eigenvalue weighted by Crippen LogP contribution is 2.68. The number of esters is 1. The molecule has 7 heterocycles. The van der Waals surface area contributed by atoms with Crippen LogP contribution in [-0.2, 0) is 115 Å². The lowest BCUT2D eigenvalue weighted by Crippen LogP contribution is -2.82. The number of hydrogen-bond acceptors (Lipinski definition) is 37. The average Bonchev–Trinajstić information content (AvgIpc) is 1.48. The molecule has 15 atom stereocenters. The van der Waals surface area contributed by atoms with Gasteiger partial charge in [0, 0.05) is 175 Å². The van der Waals surface area contributed by atoms with E-state index in [4.69, 9.17) is 59.9 Å². The molecule has 46 heteroatoms. The zero-order valence-corrected chi connectivity index (χ0v) is 83.9. The second-order valence-electron chi connectivity index (χ2n) is 35.5. The number of aromatic nitrogens is 3. The van der Waals surface area contributed by atoms with E-state index >= 15 is 4.79 Å². The normalized spacial score (nSPS) is 22.2. The SMILES string of the molecule is C#CCN(Cc1ccc2nc(N)[nH]c(=O)c2c1)c1ccc(C(=O)N[C@@H](CCC(=O)OCCSSCCC(=O)C[C@@H](C)C(C)=O)C(=O)O)cc1.CC[C@]1(O)CC2CN(CCc3c([nH]c4ccccc34)[C@@](COC=O)(c3cc4c(cc3OC)N(C)[C@H]3[C@@](O)(C(=O)NNC(=O)OCCSSCCC(=O)NC[C@H](NC(=O)[C@H](C)CC(=O)[C@H](C)NC)C(=O)O)[C@H](O)[C@]5(CC)C=CCN6CC[C@]43[C@@H]65)C2)C1.O=C=O.O=C=O.O=C=O. The van der Waals surface area contributed by atoms with Crippen molar-refractivity contribution in [2.75, 3.05) is 125 Å². The number of amides is 5. The van der Waals surface area contributed by atoms with E-state index < -0.39 is 117 Å². The number of benzene rings is 4. The standard InChI is InChI=1S/C60H83N9O14S2.C34H39N5O8S2.3CO2/c1-8-56(79)28-37-29-58(33-82-34-70,48-39(15-20-68(31-37)32-56)38-13-10-11-14-42(38)63-48)41-26-40-44(27-46(41)81-7)67(6)52-59(40)18-21-69-19-12-17-57(9-2,51(59)69)53(76)60(52,80)54(77)65-66-55(78)83-22-24-85-84-23-16-47(72)62-30-43(50(74)75)64-49(73)35(3)25-45(71)36(4)61-5;1-4-14-39(20-23-5-10-28-27(19-23)32(44)38-34(35)37-28)25-8-6-24(7-9-25)31(43)36-29(33(45)46)11-12-30(42)47-15-17-49-48-16-13-26(41)18-21(2)22(3)40;3*2-1-3/h10-14,17,26-27,34-37,43,51-53,61,63,76,79-80H,8-9,15-16,18-25,28-33H2,1-7H3,(H,62,72)(H,64,73)(H,65,77)(H,66,78)(H,74,75);1,5-10,19,21,29H,11-18,20H2,2-3H3,(H,36,43)(H,45,46)(H3,35,37,38,44);;;/t35-,36+,37?,43+,51+,52-,53-,56+,57-,58+,59-,60+;21-,29+;;;/m11.../s1. The molecule has 5 aliphatic heterocycles. The monoisotopic (exact) mass is 2060 g/mol. The molecule has 1 saturated carbocycles. The summed E-state index contributed by atoms with van der Waals surface area (Å²) in [5.41, 5.74) is 10.5. The number of aliphatic carboxylic acids is 2. The highest BCUT2D eigenvalue weighted by Gasteiger charge is 2.79. The highest BCUT2D eigenvalue weighted by molar-refractivity contribution is 8.77. The highest BCUT2D eigenvalue weighted by atomic mass is 33.1. The first-order chi connectivity index (χ1) is 68.2. The van der Waals surface area contributed by atoms with Crippen LogP contribution in [-0.4, -0.2) is 298 Å². The molecule has 15 N–H and O–H groups in total. The molecule has 0 radical (unpaired) electrons. The molecule has 2 unspecified atom stereocenters. The fourth-order valence-electron chi connectivity index (χ4n) is 19.9. The van der Waals surface area contributed by atoms with Crippen LogP contribution >= 0.6 is 43.2 Å². The van der Waals surface area contributed by atoms with E-state index in [0.29, 0.717) is 129 Å². The van der Waals surface area contributed by atoms with Crippen molar-refractivity contribution >= 4 is 172 Å². The smallest absolute Gasteiger partial charge is 0.426 e. The number of carbonyl (C=O) groups excluding carboxylic acids is 16. The van der Waals surface area contributed by atoms with E-state index in [-0.39, 0.29) is 135 Å². The number of nitrogens with two attached hydrogens (primary N) is 1. The number of hydrogen-bond donors (Lipinski definition) is 14. The summed E-state index contributed by atoms with van der Waals surface area (Å²) in [6.07, 6.45) is 10.8. The number of nitrogens with one attached hydrogen (secondary N) is 8. The molecule has 772 valence electrons. The van der Waals surface area contributed by atoms with E-state index in [1.807, 2.05) is 66.1 Å². The summed E-state index contributed by atoms with van der Waals surface area (Å²) in [4.78, 5) is 230. The number of likely N-dealkylation sites (N-methyl/N-ethyl adjacent to an activating group) is 2. The first kappa shape index (κ1) is 116. The topological polar surface area (TPSA) is 618 Å². The van der Waals surface area contributed by atoms with Crippen LogP contribution in [0, 0.1) is 35.5 Å². The molecular weight excluding hydrogens is 1940 g/mol. The van der Waals surface area contributed by atoms with Crippen molar-refractivity contribution in [3.63, 3.8) is 0 Å². The Labute approximate surface area is 840 Å². The number of nitrogens with zero attached hydrogens (tertiary/aromatic N) is 5. The Bertz CT molecular complexity index is 5760. The predicted molar refractivity (Wildman–Crippen MR) is 527 cm³/mol. The minimum absolute atomic E-state index is 0.00853. The molecule has 4 aromatic carbocycles. The van der Waals surface area contributed by atoms with Gasteiger partial charge in [0.2, 0.25) is 17.8 Å². The zero-order valence-electron chi connectivity index (χ0n) is 80.7. The Morgan fingerprint density at radius 2 is 1.43 bits per heavy atom. The molecule has 2 bridgehead atoms. The van der Waals surface area contributed by atoms with Crippen molar-refractivity contribution in [1.29, 1.82) is 0 Å². The molecule has 2 saturated heterocycles. The van der Waals surface area contributed by atoms with Gasteiger partial charge in [0.1, 0.15) is 61.1 Å². The number of aliphatic hydroxyl groups excluding tert-OH is 1. The summed E-state index contributed by atoms with van der Waals surface area (Å²) in [7, 11) is 10.5. The van der Waals surface area contributed by atoms with Crippen LogP contribution in [0.15, 0.2) is 95.8 Å². The molecule has 6 aromatic rings. The molecule has 6 aliphatic rings. The number of Topliss-reactive ketones (excluding diaryl/α,β-unsaturated/α-hetero) is 3. The third-order valence-corrected chi connectivity index (χ3v) is 31.5. The number of para-hydroxylation sites is 1. The number of H-pyrrole nitrogens is 2. The van der Waals surface area contributed by atoms with Gasteiger partial charge in [-0.3, -0.25) is 68.2 Å². The van der Waals surface area contributed by atoms with Crippen molar-refractivity contribution in [1.82, 2.24) is 56.9 Å². The van der Waals surface area contributed by atoms with E-state index in [1.165, 1.54) is 69.2 Å². The summed E-state index contributed by atoms with van der Waals surface area (Å²) >= 11 is 0. The second kappa shape index (κ2) is 54.2. The fraction of sp³-hybridized carbons (Fsp3) is 0.515. The number of rotatable bonds is 44. The molecule has 2 aromatic heterocycles. The maximum absolute atomic E-state index is 15.1. The Morgan fingerprint density at radius 1 is 0.769 bits per heavy atom. The summed E-state index contributed by atoms with van der Waals surface area (Å²) in [5.74, 6) is -2.46. The van der Waals surface area contributed by atoms with Crippen LogP contribution in [0.25, 0.3) is 21.8 Å². The predicted octanol–water partition coefficient (Wildman–Crippen LogP) is 4.52. The summed E-state index contributed by atoms with van der Waals surface area (Å²) < 4.78 is 23.0. The van der Waals surface area contributed by atoms with Gasteiger partial charge in [-0.05, 0) is 144 Å². The number of aromatic amines is 2. The van der Waals surface area contributed by atoms with Crippen molar-refractivity contribution in [3.05, 3.63) is 135 Å². The zero-order chi connectivity index (χ0) is 105. The number of fused-ring (bicyclic) bond motifs is 7. The number of nitrogen functional groups attached to an aromatic ring is 1. The van der Waals surface area contributed by atoms with Crippen LogP contribution in [0.4, 0.5) is 22.1 Å². The van der Waals surface area contributed by atoms with Gasteiger partial charge in [0.15, 0.2) is 5.60 Å². The molecule has 12 rings (SSSR count). The van der Waals surface area contributed by atoms with Gasteiger partial charge in [-0.25, -0.2) is 24.8 Å². The lowest BCUT2D eigenvalue weighted by Gasteiger charge is -2.63. The molecule has 143 heavy (non-hydrogen) atoms. The third kappa shape index (κ3) is 28.5. The number of aliphatic hydroxyl groups is 3. The van der Waals surface area contributed by atoms with Crippen LogP contribution in [0.1, 0.15) is 150 Å². The van der Waals surface area contributed by atoms with Crippen LogP contribution in [0.5, 0.6) is 5.75 Å². The van der Waals surface area contributed by atoms with Crippen LogP contribution in [0.2, 0.25) is 0 Å². The van der Waals surface area contributed by atoms with Gasteiger partial charge < -0.3 is 86.3 Å². The minimum atomic E-state index is -2.57. The maximum Gasteiger partial charge on any atom is 0.426 e. The summed E-state index contributed by atoms with van der Waals surface area (Å²) in [6, 6.07) is 19.2. The lowest BCUT2D eigenvalue weighted by molar-refractivity contribution is -0.204. The number of ketones is 3. The molecular formula is C97H122N14O28S4. The minimum Gasteiger partial charge on any atom is -0.496 e. The van der Waals surface area contributed by atoms with E-state index in [0.717, 1.165) is 45.4 Å². The number of ether oxygens (including phenoxy) is 4. The van der Waals surface area contributed by atoms with Crippen molar-refractivity contribution < 1.29 is 131 Å². The second-order valence-corrected chi connectivity index (χ2v) is 40.9. The van der Waals surface area contributed by atoms with Gasteiger partial charge in [-0.2, -0.15) is 28.8 Å². The Balaban J connectivity index is 0.000000365. The van der Waals surface area contributed by atoms with Crippen molar-refractivity contribution in [2.45, 2.75) is 183 Å². The van der Waals surface area contributed by atoms with Gasteiger partial charge >= 0.3 is 42.5 Å². The first-order valence-electron chi connectivity index (χ1n) is 46.1. The van der Waals surface area contributed by atoms with Crippen molar-refractivity contribution in [2.24, 2.45) is 23.2 Å². The maximum atomic E-state index is 15.1. The summed E-state index contributed by atoms with van der Waals surface area (Å²) in [6.45, 7) is 14.1. The van der Waals surface area contributed by atoms with Crippen LogP contribution in [0.3, 0.4) is 0 Å². The van der Waals surface area contributed by atoms with Gasteiger partial charge in [0.05, 0.1) is 47.7 Å². The number of terminal acetylenes is 1. The van der Waals surface area contributed by atoms with Gasteiger partial charge in [0.25, 0.3) is 23.8 Å². The molecule has 1 spiro atoms. The Hall–Kier alpha value is -12.6. The largest absolute Gasteiger partial charge is 0.496 e. The lowest BCUT2D eigenvalue weighted by atomic mass is 9.47.